The van der Waals surface area contributed by atoms with Gasteiger partial charge in [0.2, 0.25) is 0 Å². The van der Waals surface area contributed by atoms with Crippen molar-refractivity contribution in [3.8, 4) is 22.6 Å². The van der Waals surface area contributed by atoms with E-state index in [4.69, 9.17) is 16.3 Å². The van der Waals surface area contributed by atoms with Gasteiger partial charge in [0.15, 0.2) is 4.47 Å². The fourth-order valence-corrected chi connectivity index (χ4v) is 3.78. The van der Waals surface area contributed by atoms with E-state index in [2.05, 4.69) is 26.2 Å². The van der Waals surface area contributed by atoms with Gasteiger partial charge in [0.1, 0.15) is 11.5 Å². The number of hydrogen-bond donors (Lipinski definition) is 2. The maximum Gasteiger partial charge on any atom is 0.183 e. The average Bonchev–Trinajstić information content (AvgIpc) is 2.99. The van der Waals surface area contributed by atoms with E-state index in [0.717, 1.165) is 20.6 Å². The SMILES string of the molecule is COc1ccc(Br)c(NCc2cnc(Cl)s2)c1-c1ccccc1O. The standard InChI is InChI=1S/C17H14BrClN2O2S/c1-23-14-7-6-12(18)16(20-8-10-9-21-17(19)24-10)15(14)11-4-2-3-5-13(11)22/h2-7,9,20,22H,8H2,1H3. The molecule has 0 aliphatic rings. The highest BCUT2D eigenvalue weighted by atomic mass is 79.9. The number of anilines is 1. The minimum atomic E-state index is 0.192. The van der Waals surface area contributed by atoms with Crippen LogP contribution in [-0.2, 0) is 6.54 Å². The van der Waals surface area contributed by atoms with E-state index in [9.17, 15) is 5.11 Å². The first kappa shape index (κ1) is 17.1. The molecule has 24 heavy (non-hydrogen) atoms. The second kappa shape index (κ2) is 7.42. The van der Waals surface area contributed by atoms with Crippen LogP contribution < -0.4 is 10.1 Å². The van der Waals surface area contributed by atoms with Crippen molar-refractivity contribution in [1.82, 2.24) is 4.98 Å². The molecule has 0 saturated carbocycles. The molecular formula is C17H14BrClN2O2S. The summed E-state index contributed by atoms with van der Waals surface area (Å²) in [4.78, 5) is 5.06. The predicted octanol–water partition coefficient (Wildman–Crippen LogP) is 5.55. The molecule has 2 aromatic carbocycles. The summed E-state index contributed by atoms with van der Waals surface area (Å²) in [5.74, 6) is 0.863. The van der Waals surface area contributed by atoms with Crippen LogP contribution in [0.2, 0.25) is 4.47 Å². The minimum absolute atomic E-state index is 0.192. The maximum atomic E-state index is 10.3. The van der Waals surface area contributed by atoms with E-state index >= 15 is 0 Å². The van der Waals surface area contributed by atoms with Gasteiger partial charge in [0.25, 0.3) is 0 Å². The van der Waals surface area contributed by atoms with E-state index in [1.54, 1.807) is 25.4 Å². The van der Waals surface area contributed by atoms with Gasteiger partial charge in [-0.15, -0.1) is 11.3 Å². The van der Waals surface area contributed by atoms with Crippen molar-refractivity contribution < 1.29 is 9.84 Å². The second-order valence-corrected chi connectivity index (χ2v) is 7.50. The first-order valence-electron chi connectivity index (χ1n) is 7.09. The number of halogens is 2. The molecule has 1 heterocycles. The predicted molar refractivity (Wildman–Crippen MR) is 102 cm³/mol. The Kier molecular flexibility index (Phi) is 5.28. The van der Waals surface area contributed by atoms with Crippen molar-refractivity contribution in [2.75, 3.05) is 12.4 Å². The lowest BCUT2D eigenvalue weighted by Gasteiger charge is -2.18. The maximum absolute atomic E-state index is 10.3. The Morgan fingerprint density at radius 1 is 1.29 bits per heavy atom. The summed E-state index contributed by atoms with van der Waals surface area (Å²) in [6.07, 6.45) is 1.74. The zero-order valence-corrected chi connectivity index (χ0v) is 15.9. The van der Waals surface area contributed by atoms with Gasteiger partial charge >= 0.3 is 0 Å². The van der Waals surface area contributed by atoms with Crippen molar-refractivity contribution in [1.29, 1.82) is 0 Å². The van der Waals surface area contributed by atoms with Crippen molar-refractivity contribution in [3.05, 3.63) is 56.4 Å². The van der Waals surface area contributed by atoms with Crippen LogP contribution in [0.25, 0.3) is 11.1 Å². The van der Waals surface area contributed by atoms with Gasteiger partial charge in [-0.3, -0.25) is 0 Å². The fraction of sp³-hybridized carbons (Fsp3) is 0.118. The molecule has 3 aromatic rings. The number of rotatable bonds is 5. The quantitative estimate of drug-likeness (QED) is 0.562. The van der Waals surface area contributed by atoms with Crippen LogP contribution in [0.4, 0.5) is 5.69 Å². The summed E-state index contributed by atoms with van der Waals surface area (Å²) in [7, 11) is 1.61. The number of aromatic hydroxyl groups is 1. The van der Waals surface area contributed by atoms with Gasteiger partial charge in [-0.2, -0.15) is 0 Å². The Morgan fingerprint density at radius 3 is 2.75 bits per heavy atom. The molecule has 0 atom stereocenters. The Hall–Kier alpha value is -1.76. The Labute approximate surface area is 157 Å². The minimum Gasteiger partial charge on any atom is -0.507 e. The van der Waals surface area contributed by atoms with E-state index < -0.39 is 0 Å². The normalized spacial score (nSPS) is 10.6. The van der Waals surface area contributed by atoms with Crippen LogP contribution >= 0.6 is 38.9 Å². The van der Waals surface area contributed by atoms with Gasteiger partial charge in [0.05, 0.1) is 24.9 Å². The number of phenols is 1. The lowest BCUT2D eigenvalue weighted by Crippen LogP contribution is -2.02. The second-order valence-electron chi connectivity index (χ2n) is 4.95. The summed E-state index contributed by atoms with van der Waals surface area (Å²) in [6, 6.07) is 10.9. The molecule has 1 aromatic heterocycles. The van der Waals surface area contributed by atoms with Crippen LogP contribution in [0.5, 0.6) is 11.5 Å². The molecule has 4 nitrogen and oxygen atoms in total. The molecule has 0 spiro atoms. The largest absolute Gasteiger partial charge is 0.507 e. The molecule has 0 fully saturated rings. The Morgan fingerprint density at radius 2 is 2.08 bits per heavy atom. The highest BCUT2D eigenvalue weighted by Crippen LogP contribution is 2.44. The van der Waals surface area contributed by atoms with Gasteiger partial charge in [-0.05, 0) is 34.1 Å². The van der Waals surface area contributed by atoms with Gasteiger partial charge in [0, 0.05) is 21.1 Å². The van der Waals surface area contributed by atoms with E-state index in [1.165, 1.54) is 11.3 Å². The lowest BCUT2D eigenvalue weighted by atomic mass is 10.0. The van der Waals surface area contributed by atoms with Crippen molar-refractivity contribution >= 4 is 44.6 Å². The summed E-state index contributed by atoms with van der Waals surface area (Å²) in [6.45, 7) is 0.566. The molecule has 7 heteroatoms. The first-order valence-corrected chi connectivity index (χ1v) is 9.08. The van der Waals surface area contributed by atoms with Gasteiger partial charge < -0.3 is 15.2 Å². The topological polar surface area (TPSA) is 54.4 Å². The molecule has 0 unspecified atom stereocenters. The van der Waals surface area contributed by atoms with E-state index in [1.807, 2.05) is 24.3 Å². The van der Waals surface area contributed by atoms with Crippen LogP contribution in [0.1, 0.15) is 4.88 Å². The molecule has 0 amide bonds. The first-order chi connectivity index (χ1) is 11.6. The van der Waals surface area contributed by atoms with Crippen LogP contribution in [0.15, 0.2) is 47.1 Å². The van der Waals surface area contributed by atoms with Crippen LogP contribution in [-0.4, -0.2) is 17.2 Å². The molecule has 0 aliphatic heterocycles. The fourth-order valence-electron chi connectivity index (χ4n) is 2.39. The van der Waals surface area contributed by atoms with E-state index in [-0.39, 0.29) is 5.75 Å². The molecular weight excluding hydrogens is 412 g/mol. The third-order valence-electron chi connectivity index (χ3n) is 3.47. The lowest BCUT2D eigenvalue weighted by molar-refractivity contribution is 0.416. The summed E-state index contributed by atoms with van der Waals surface area (Å²) < 4.78 is 6.89. The Bertz CT molecular complexity index is 870. The van der Waals surface area contributed by atoms with Crippen molar-refractivity contribution in [2.24, 2.45) is 0 Å². The Balaban J connectivity index is 2.05. The number of methoxy groups -OCH3 is 1. The number of thiazole rings is 1. The van der Waals surface area contributed by atoms with Crippen molar-refractivity contribution in [2.45, 2.75) is 6.54 Å². The summed E-state index contributed by atoms with van der Waals surface area (Å²) in [5.41, 5.74) is 2.32. The van der Waals surface area contributed by atoms with Gasteiger partial charge in [-0.25, -0.2) is 4.98 Å². The third kappa shape index (κ3) is 3.50. The molecule has 0 radical (unpaired) electrons. The van der Waals surface area contributed by atoms with Crippen LogP contribution in [0.3, 0.4) is 0 Å². The molecule has 0 aliphatic carbocycles. The molecule has 0 bridgehead atoms. The highest BCUT2D eigenvalue weighted by molar-refractivity contribution is 9.10. The number of hydrogen-bond acceptors (Lipinski definition) is 5. The zero-order valence-electron chi connectivity index (χ0n) is 12.7. The summed E-state index contributed by atoms with van der Waals surface area (Å²) in [5, 5.41) is 13.6. The van der Waals surface area contributed by atoms with Crippen LogP contribution in [0, 0.1) is 0 Å². The zero-order chi connectivity index (χ0) is 17.1. The third-order valence-corrected chi connectivity index (χ3v) is 5.25. The molecule has 0 saturated heterocycles. The van der Waals surface area contributed by atoms with Crippen molar-refractivity contribution in [3.63, 3.8) is 0 Å². The molecule has 124 valence electrons. The number of ether oxygens (including phenoxy) is 1. The number of aromatic nitrogens is 1. The average molecular weight is 426 g/mol. The number of benzene rings is 2. The number of phenolic OH excluding ortho intramolecular Hbond substituents is 1. The summed E-state index contributed by atoms with van der Waals surface area (Å²) >= 11 is 10.9. The number of nitrogens with one attached hydrogen (secondary N) is 1. The smallest absolute Gasteiger partial charge is 0.183 e. The molecule has 2 N–H and O–H groups in total. The number of para-hydroxylation sites is 1. The number of nitrogens with zero attached hydrogens (tertiary/aromatic N) is 1. The van der Waals surface area contributed by atoms with Gasteiger partial charge in [-0.1, -0.05) is 29.8 Å². The molecule has 3 rings (SSSR count). The highest BCUT2D eigenvalue weighted by Gasteiger charge is 2.17. The van der Waals surface area contributed by atoms with E-state index in [0.29, 0.717) is 22.3 Å². The monoisotopic (exact) mass is 424 g/mol.